The monoisotopic (exact) mass is 279 g/mol. The highest BCUT2D eigenvalue weighted by atomic mass is 16.5. The molecule has 0 aliphatic carbocycles. The summed E-state index contributed by atoms with van der Waals surface area (Å²) in [5.74, 6) is -0.569. The smallest absolute Gasteiger partial charge is 0.335 e. The second-order valence-corrected chi connectivity index (χ2v) is 4.74. The maximum atomic E-state index is 11.6. The first-order valence-electron chi connectivity index (χ1n) is 6.69. The minimum atomic E-state index is -0.972. The Hall–Kier alpha value is -2.04. The van der Waals surface area contributed by atoms with Gasteiger partial charge >= 0.3 is 5.97 Å². The second-order valence-electron chi connectivity index (χ2n) is 4.74. The van der Waals surface area contributed by atoms with Gasteiger partial charge in [-0.05, 0) is 43.5 Å². The van der Waals surface area contributed by atoms with Crippen LogP contribution in [0, 0.1) is 13.8 Å². The average Bonchev–Trinajstić information content (AvgIpc) is 2.37. The van der Waals surface area contributed by atoms with Crippen LogP contribution in [0.1, 0.15) is 41.3 Å². The van der Waals surface area contributed by atoms with Crippen LogP contribution in [0.5, 0.6) is 5.75 Å². The van der Waals surface area contributed by atoms with E-state index >= 15 is 0 Å². The van der Waals surface area contributed by atoms with E-state index in [4.69, 9.17) is 9.84 Å². The second kappa shape index (κ2) is 7.53. The molecule has 20 heavy (non-hydrogen) atoms. The van der Waals surface area contributed by atoms with Crippen molar-refractivity contribution in [3.05, 3.63) is 28.8 Å². The Morgan fingerprint density at radius 2 is 1.85 bits per heavy atom. The van der Waals surface area contributed by atoms with Gasteiger partial charge in [-0.2, -0.15) is 0 Å². The van der Waals surface area contributed by atoms with E-state index in [1.807, 2.05) is 0 Å². The van der Waals surface area contributed by atoms with Gasteiger partial charge in [-0.15, -0.1) is 0 Å². The molecule has 1 aromatic rings. The minimum Gasteiger partial charge on any atom is -0.483 e. The number of aromatic carboxylic acids is 1. The number of carboxylic acids is 1. The van der Waals surface area contributed by atoms with Crippen molar-refractivity contribution in [2.24, 2.45) is 0 Å². The van der Waals surface area contributed by atoms with Crippen LogP contribution in [0.3, 0.4) is 0 Å². The summed E-state index contributed by atoms with van der Waals surface area (Å²) in [6, 6.07) is 3.08. The first-order valence-corrected chi connectivity index (χ1v) is 6.69. The van der Waals surface area contributed by atoms with Crippen molar-refractivity contribution in [2.75, 3.05) is 13.2 Å². The van der Waals surface area contributed by atoms with Gasteiger partial charge in [-0.3, -0.25) is 4.79 Å². The highest BCUT2D eigenvalue weighted by Gasteiger charge is 2.11. The predicted octanol–water partition coefficient (Wildman–Crippen LogP) is 2.30. The number of hydrogen-bond acceptors (Lipinski definition) is 3. The topological polar surface area (TPSA) is 75.6 Å². The standard InChI is InChI=1S/C15H21NO4/c1-4-5-6-16-13(17)9-20-14-10(2)7-12(15(18)19)8-11(14)3/h7-8H,4-6,9H2,1-3H3,(H,16,17)(H,18,19). The molecule has 0 bridgehead atoms. The Morgan fingerprint density at radius 3 is 2.35 bits per heavy atom. The molecule has 0 aliphatic rings. The van der Waals surface area contributed by atoms with Crippen molar-refractivity contribution in [3.8, 4) is 5.75 Å². The first kappa shape index (κ1) is 16.0. The minimum absolute atomic E-state index is 0.0577. The van der Waals surface area contributed by atoms with Crippen molar-refractivity contribution in [1.29, 1.82) is 0 Å². The summed E-state index contributed by atoms with van der Waals surface area (Å²) in [4.78, 5) is 22.5. The summed E-state index contributed by atoms with van der Waals surface area (Å²) in [6.07, 6.45) is 1.97. The zero-order valence-electron chi connectivity index (χ0n) is 12.2. The maximum Gasteiger partial charge on any atom is 0.335 e. The van der Waals surface area contributed by atoms with E-state index in [0.717, 1.165) is 12.8 Å². The molecule has 0 unspecified atom stereocenters. The van der Waals surface area contributed by atoms with Crippen LogP contribution in [0.15, 0.2) is 12.1 Å². The van der Waals surface area contributed by atoms with Gasteiger partial charge in [0.1, 0.15) is 5.75 Å². The van der Waals surface area contributed by atoms with Crippen LogP contribution in [-0.2, 0) is 4.79 Å². The fourth-order valence-electron chi connectivity index (χ4n) is 1.89. The predicted molar refractivity (Wildman–Crippen MR) is 76.3 cm³/mol. The third-order valence-electron chi connectivity index (χ3n) is 2.91. The molecule has 0 aromatic heterocycles. The summed E-state index contributed by atoms with van der Waals surface area (Å²) in [5.41, 5.74) is 1.65. The molecule has 0 atom stereocenters. The van der Waals surface area contributed by atoms with Gasteiger partial charge < -0.3 is 15.2 Å². The number of amides is 1. The Balaban J connectivity index is 2.64. The molecule has 1 amide bonds. The largest absolute Gasteiger partial charge is 0.483 e. The van der Waals surface area contributed by atoms with Crippen LogP contribution in [0.25, 0.3) is 0 Å². The van der Waals surface area contributed by atoms with E-state index in [0.29, 0.717) is 23.4 Å². The Kier molecular flexibility index (Phi) is 6.03. The molecular weight excluding hydrogens is 258 g/mol. The lowest BCUT2D eigenvalue weighted by Gasteiger charge is -2.13. The molecule has 0 fully saturated rings. The number of carbonyl (C=O) groups excluding carboxylic acids is 1. The number of ether oxygens (including phenoxy) is 1. The zero-order chi connectivity index (χ0) is 15.1. The van der Waals surface area contributed by atoms with Crippen LogP contribution in [0.4, 0.5) is 0 Å². The summed E-state index contributed by atoms with van der Waals surface area (Å²) in [6.45, 7) is 6.18. The molecule has 5 heteroatoms. The number of hydrogen-bond donors (Lipinski definition) is 2. The quantitative estimate of drug-likeness (QED) is 0.751. The first-order chi connectivity index (χ1) is 9.45. The molecule has 1 rings (SSSR count). The van der Waals surface area contributed by atoms with E-state index in [2.05, 4.69) is 12.2 Å². The Bertz CT molecular complexity index is 474. The maximum absolute atomic E-state index is 11.6. The number of nitrogens with one attached hydrogen (secondary N) is 1. The van der Waals surface area contributed by atoms with Gasteiger partial charge in [0.25, 0.3) is 5.91 Å². The van der Waals surface area contributed by atoms with Crippen molar-refractivity contribution in [1.82, 2.24) is 5.32 Å². The summed E-state index contributed by atoms with van der Waals surface area (Å²) in [7, 11) is 0. The van der Waals surface area contributed by atoms with Crippen LogP contribution >= 0.6 is 0 Å². The molecule has 0 aliphatic heterocycles. The van der Waals surface area contributed by atoms with Gasteiger partial charge in [-0.25, -0.2) is 4.79 Å². The lowest BCUT2D eigenvalue weighted by molar-refractivity contribution is -0.123. The van der Waals surface area contributed by atoms with E-state index in [-0.39, 0.29) is 18.1 Å². The number of benzene rings is 1. The number of rotatable bonds is 7. The van der Waals surface area contributed by atoms with E-state index in [1.54, 1.807) is 26.0 Å². The van der Waals surface area contributed by atoms with Gasteiger partial charge in [0, 0.05) is 6.54 Å². The van der Waals surface area contributed by atoms with E-state index in [1.165, 1.54) is 0 Å². The highest BCUT2D eigenvalue weighted by Crippen LogP contribution is 2.24. The van der Waals surface area contributed by atoms with Crippen LogP contribution < -0.4 is 10.1 Å². The lowest BCUT2D eigenvalue weighted by Crippen LogP contribution is -2.29. The van der Waals surface area contributed by atoms with Gasteiger partial charge in [0.15, 0.2) is 6.61 Å². The summed E-state index contributed by atoms with van der Waals surface area (Å²) >= 11 is 0. The molecule has 0 radical (unpaired) electrons. The molecule has 2 N–H and O–H groups in total. The van der Waals surface area contributed by atoms with Gasteiger partial charge in [0.2, 0.25) is 0 Å². The van der Waals surface area contributed by atoms with E-state index in [9.17, 15) is 9.59 Å². The van der Waals surface area contributed by atoms with Crippen molar-refractivity contribution in [2.45, 2.75) is 33.6 Å². The normalized spacial score (nSPS) is 10.2. The summed E-state index contributed by atoms with van der Waals surface area (Å²) in [5, 5.41) is 11.7. The molecule has 0 spiro atoms. The molecular formula is C15H21NO4. The van der Waals surface area contributed by atoms with Crippen LogP contribution in [0.2, 0.25) is 0 Å². The third kappa shape index (κ3) is 4.57. The lowest BCUT2D eigenvalue weighted by atomic mass is 10.1. The summed E-state index contributed by atoms with van der Waals surface area (Å²) < 4.78 is 5.49. The number of aryl methyl sites for hydroxylation is 2. The highest BCUT2D eigenvalue weighted by molar-refractivity contribution is 5.88. The number of carboxylic acid groups (broad SMARTS) is 1. The zero-order valence-corrected chi connectivity index (χ0v) is 12.2. The Labute approximate surface area is 118 Å². The SMILES string of the molecule is CCCCNC(=O)COc1c(C)cc(C(=O)O)cc1C. The fraction of sp³-hybridized carbons (Fsp3) is 0.467. The van der Waals surface area contributed by atoms with Gasteiger partial charge in [0.05, 0.1) is 5.56 Å². The molecule has 110 valence electrons. The van der Waals surface area contributed by atoms with Crippen molar-refractivity contribution < 1.29 is 19.4 Å². The van der Waals surface area contributed by atoms with Crippen LogP contribution in [-0.4, -0.2) is 30.1 Å². The average molecular weight is 279 g/mol. The molecule has 1 aromatic carbocycles. The van der Waals surface area contributed by atoms with E-state index < -0.39 is 5.97 Å². The Morgan fingerprint density at radius 1 is 1.25 bits per heavy atom. The van der Waals surface area contributed by atoms with Crippen molar-refractivity contribution >= 4 is 11.9 Å². The number of carbonyl (C=O) groups is 2. The molecule has 0 saturated heterocycles. The number of unbranched alkanes of at least 4 members (excludes halogenated alkanes) is 1. The van der Waals surface area contributed by atoms with Gasteiger partial charge in [-0.1, -0.05) is 13.3 Å². The van der Waals surface area contributed by atoms with Crippen molar-refractivity contribution in [3.63, 3.8) is 0 Å². The molecule has 5 nitrogen and oxygen atoms in total. The third-order valence-corrected chi connectivity index (χ3v) is 2.91. The molecule has 0 saturated carbocycles. The molecule has 0 heterocycles. The fourth-order valence-corrected chi connectivity index (χ4v) is 1.89.